The predicted molar refractivity (Wildman–Crippen MR) is 74.7 cm³/mol. The minimum absolute atomic E-state index is 0.0532. The molecule has 2 heterocycles. The van der Waals surface area contributed by atoms with Gasteiger partial charge in [0.1, 0.15) is 13.2 Å². The lowest BCUT2D eigenvalue weighted by Crippen LogP contribution is -2.42. The van der Waals surface area contributed by atoms with E-state index in [-0.39, 0.29) is 12.5 Å². The predicted octanol–water partition coefficient (Wildman–Crippen LogP) is 1.13. The SMILES string of the molecule is O=C(O)CC1CN(Cc2ccc3c(c2)OCCO3)CCO1. The molecule has 114 valence electrons. The van der Waals surface area contributed by atoms with Crippen LogP contribution >= 0.6 is 0 Å². The van der Waals surface area contributed by atoms with Crippen LogP contribution in [-0.4, -0.2) is 55.0 Å². The molecule has 1 aromatic rings. The van der Waals surface area contributed by atoms with Gasteiger partial charge in [-0.3, -0.25) is 9.69 Å². The van der Waals surface area contributed by atoms with Gasteiger partial charge >= 0.3 is 5.97 Å². The number of ether oxygens (including phenoxy) is 3. The van der Waals surface area contributed by atoms with E-state index in [1.54, 1.807) is 0 Å². The van der Waals surface area contributed by atoms with Crippen LogP contribution in [-0.2, 0) is 16.1 Å². The van der Waals surface area contributed by atoms with Gasteiger partial charge in [0.2, 0.25) is 0 Å². The molecule has 0 saturated carbocycles. The van der Waals surface area contributed by atoms with Crippen LogP contribution in [0.4, 0.5) is 0 Å². The molecule has 21 heavy (non-hydrogen) atoms. The highest BCUT2D eigenvalue weighted by molar-refractivity contribution is 5.67. The molecule has 0 aliphatic carbocycles. The molecule has 0 bridgehead atoms. The Morgan fingerprint density at radius 1 is 1.24 bits per heavy atom. The van der Waals surface area contributed by atoms with Crippen LogP contribution in [0.1, 0.15) is 12.0 Å². The van der Waals surface area contributed by atoms with Crippen molar-refractivity contribution in [2.24, 2.45) is 0 Å². The van der Waals surface area contributed by atoms with Crippen molar-refractivity contribution in [1.82, 2.24) is 4.90 Å². The summed E-state index contributed by atoms with van der Waals surface area (Å²) >= 11 is 0. The third kappa shape index (κ3) is 3.65. The first kappa shape index (κ1) is 14.2. The summed E-state index contributed by atoms with van der Waals surface area (Å²) in [4.78, 5) is 13.0. The van der Waals surface area contributed by atoms with Gasteiger partial charge in [0, 0.05) is 19.6 Å². The summed E-state index contributed by atoms with van der Waals surface area (Å²) < 4.78 is 16.6. The van der Waals surface area contributed by atoms with E-state index < -0.39 is 5.97 Å². The number of fused-ring (bicyclic) bond motifs is 1. The second-order valence-electron chi connectivity index (χ2n) is 5.30. The summed E-state index contributed by atoms with van der Waals surface area (Å²) in [6, 6.07) is 5.95. The van der Waals surface area contributed by atoms with E-state index in [2.05, 4.69) is 4.90 Å². The molecule has 2 aliphatic heterocycles. The minimum atomic E-state index is -0.818. The maximum Gasteiger partial charge on any atom is 0.306 e. The standard InChI is InChI=1S/C15H19NO5/c17-15(18)8-12-10-16(3-4-19-12)9-11-1-2-13-14(7-11)21-6-5-20-13/h1-2,7,12H,3-6,8-10H2,(H,17,18). The molecule has 0 spiro atoms. The Labute approximate surface area is 123 Å². The van der Waals surface area contributed by atoms with Crippen LogP contribution in [0.2, 0.25) is 0 Å². The molecular formula is C15H19NO5. The number of morpholine rings is 1. The topological polar surface area (TPSA) is 68.2 Å². The molecule has 0 radical (unpaired) electrons. The van der Waals surface area contributed by atoms with E-state index in [1.807, 2.05) is 18.2 Å². The van der Waals surface area contributed by atoms with E-state index in [1.165, 1.54) is 0 Å². The molecule has 1 saturated heterocycles. The maximum atomic E-state index is 10.8. The van der Waals surface area contributed by atoms with Gasteiger partial charge < -0.3 is 19.3 Å². The molecule has 1 unspecified atom stereocenters. The summed E-state index contributed by atoms with van der Waals surface area (Å²) in [5, 5.41) is 8.85. The van der Waals surface area contributed by atoms with Gasteiger partial charge in [0.15, 0.2) is 11.5 Å². The van der Waals surface area contributed by atoms with Crippen molar-refractivity contribution in [3.63, 3.8) is 0 Å². The number of carbonyl (C=O) groups is 1. The number of hydrogen-bond donors (Lipinski definition) is 1. The Morgan fingerprint density at radius 2 is 2.05 bits per heavy atom. The van der Waals surface area contributed by atoms with E-state index >= 15 is 0 Å². The first-order chi connectivity index (χ1) is 10.2. The zero-order valence-corrected chi connectivity index (χ0v) is 11.8. The molecule has 1 fully saturated rings. The number of carboxylic acid groups (broad SMARTS) is 1. The Balaban J connectivity index is 1.62. The molecular weight excluding hydrogens is 274 g/mol. The number of aliphatic carboxylic acids is 1. The van der Waals surface area contributed by atoms with Gasteiger partial charge in [-0.25, -0.2) is 0 Å². The molecule has 6 heteroatoms. The summed E-state index contributed by atoms with van der Waals surface area (Å²) in [5.41, 5.74) is 1.13. The molecule has 6 nitrogen and oxygen atoms in total. The van der Waals surface area contributed by atoms with Crippen LogP contribution < -0.4 is 9.47 Å². The van der Waals surface area contributed by atoms with E-state index in [4.69, 9.17) is 19.3 Å². The fourth-order valence-corrected chi connectivity index (χ4v) is 2.69. The molecule has 0 amide bonds. The first-order valence-corrected chi connectivity index (χ1v) is 7.15. The number of carboxylic acids is 1. The quantitative estimate of drug-likeness (QED) is 0.897. The summed E-state index contributed by atoms with van der Waals surface area (Å²) in [5.74, 6) is 0.756. The van der Waals surface area contributed by atoms with E-state index in [0.29, 0.717) is 26.4 Å². The Kier molecular flexibility index (Phi) is 4.26. The highest BCUT2D eigenvalue weighted by atomic mass is 16.6. The van der Waals surface area contributed by atoms with Crippen molar-refractivity contribution >= 4 is 5.97 Å². The molecule has 3 rings (SSSR count). The average molecular weight is 293 g/mol. The van der Waals surface area contributed by atoms with Crippen LogP contribution in [0.5, 0.6) is 11.5 Å². The fourth-order valence-electron chi connectivity index (χ4n) is 2.69. The van der Waals surface area contributed by atoms with Crippen molar-refractivity contribution in [3.8, 4) is 11.5 Å². The molecule has 1 atom stereocenters. The first-order valence-electron chi connectivity index (χ1n) is 7.15. The lowest BCUT2D eigenvalue weighted by atomic mass is 10.1. The molecule has 0 aromatic heterocycles. The largest absolute Gasteiger partial charge is 0.486 e. The molecule has 2 aliphatic rings. The maximum absolute atomic E-state index is 10.8. The van der Waals surface area contributed by atoms with Gasteiger partial charge in [-0.2, -0.15) is 0 Å². The lowest BCUT2D eigenvalue weighted by molar-refractivity contribution is -0.142. The van der Waals surface area contributed by atoms with Crippen molar-refractivity contribution < 1.29 is 24.1 Å². The number of benzene rings is 1. The highest BCUT2D eigenvalue weighted by Gasteiger charge is 2.23. The number of rotatable bonds is 4. The Bertz CT molecular complexity index is 519. The van der Waals surface area contributed by atoms with Crippen LogP contribution in [0, 0.1) is 0 Å². The van der Waals surface area contributed by atoms with Crippen molar-refractivity contribution in [2.75, 3.05) is 32.9 Å². The smallest absolute Gasteiger partial charge is 0.306 e. The van der Waals surface area contributed by atoms with E-state index in [0.717, 1.165) is 30.2 Å². The van der Waals surface area contributed by atoms with Crippen LogP contribution in [0.15, 0.2) is 18.2 Å². The van der Waals surface area contributed by atoms with Gasteiger partial charge in [0.25, 0.3) is 0 Å². The lowest BCUT2D eigenvalue weighted by Gasteiger charge is -2.32. The fraction of sp³-hybridized carbons (Fsp3) is 0.533. The third-order valence-electron chi connectivity index (χ3n) is 3.64. The summed E-state index contributed by atoms with van der Waals surface area (Å²) in [7, 11) is 0. The molecule has 1 aromatic carbocycles. The van der Waals surface area contributed by atoms with Crippen molar-refractivity contribution in [3.05, 3.63) is 23.8 Å². The zero-order valence-electron chi connectivity index (χ0n) is 11.8. The third-order valence-corrected chi connectivity index (χ3v) is 3.64. The normalized spacial score (nSPS) is 22.0. The van der Waals surface area contributed by atoms with Crippen molar-refractivity contribution in [2.45, 2.75) is 19.1 Å². The highest BCUT2D eigenvalue weighted by Crippen LogP contribution is 2.31. The van der Waals surface area contributed by atoms with Gasteiger partial charge in [-0.05, 0) is 17.7 Å². The van der Waals surface area contributed by atoms with E-state index in [9.17, 15) is 4.79 Å². The van der Waals surface area contributed by atoms with Crippen molar-refractivity contribution in [1.29, 1.82) is 0 Å². The summed E-state index contributed by atoms with van der Waals surface area (Å²) in [6.07, 6.45) is -0.175. The van der Waals surface area contributed by atoms with Gasteiger partial charge in [-0.15, -0.1) is 0 Å². The molecule has 1 N–H and O–H groups in total. The second kappa shape index (κ2) is 6.32. The summed E-state index contributed by atoms with van der Waals surface area (Å²) in [6.45, 7) is 3.95. The Hall–Kier alpha value is -1.79. The van der Waals surface area contributed by atoms with Gasteiger partial charge in [0.05, 0.1) is 19.1 Å². The minimum Gasteiger partial charge on any atom is -0.486 e. The second-order valence-corrected chi connectivity index (χ2v) is 5.30. The monoisotopic (exact) mass is 293 g/mol. The zero-order chi connectivity index (χ0) is 14.7. The number of hydrogen-bond acceptors (Lipinski definition) is 5. The van der Waals surface area contributed by atoms with Crippen LogP contribution in [0.3, 0.4) is 0 Å². The van der Waals surface area contributed by atoms with Gasteiger partial charge in [-0.1, -0.05) is 6.07 Å². The van der Waals surface area contributed by atoms with Crippen LogP contribution in [0.25, 0.3) is 0 Å². The Morgan fingerprint density at radius 3 is 2.86 bits per heavy atom. The number of nitrogens with zero attached hydrogens (tertiary/aromatic N) is 1. The average Bonchev–Trinajstić information content (AvgIpc) is 2.47.